The first-order chi connectivity index (χ1) is 11.9. The molecular weight excluding hydrogens is 351 g/mol. The number of aryl methyl sites for hydroxylation is 1. The number of nitrogens with one attached hydrogen (secondary N) is 1. The lowest BCUT2D eigenvalue weighted by Crippen LogP contribution is -2.35. The van der Waals surface area contributed by atoms with Crippen LogP contribution in [0.3, 0.4) is 0 Å². The Morgan fingerprint density at radius 2 is 1.96 bits per heavy atom. The molecule has 0 amide bonds. The van der Waals surface area contributed by atoms with Gasteiger partial charge in [-0.3, -0.25) is 9.36 Å². The molecule has 0 spiro atoms. The number of nitrogens with zero attached hydrogens (tertiary/aromatic N) is 1. The van der Waals surface area contributed by atoms with Crippen LogP contribution in [0.15, 0.2) is 46.0 Å². The number of carboxylic acids is 1. The number of aromatic nitrogens is 2. The number of benzene rings is 2. The molecular formula is C17H12ClFN2O4. The molecule has 6 nitrogen and oxygen atoms in total. The zero-order chi connectivity index (χ0) is 18.1. The molecule has 0 fully saturated rings. The second-order valence-corrected chi connectivity index (χ2v) is 5.86. The van der Waals surface area contributed by atoms with E-state index in [2.05, 4.69) is 4.98 Å². The maximum atomic E-state index is 13.2. The normalized spacial score (nSPS) is 11.0. The van der Waals surface area contributed by atoms with E-state index in [1.165, 1.54) is 36.4 Å². The van der Waals surface area contributed by atoms with Gasteiger partial charge in [-0.25, -0.2) is 14.0 Å². The molecule has 3 rings (SSSR count). The van der Waals surface area contributed by atoms with Gasteiger partial charge in [0, 0.05) is 6.54 Å². The SMILES string of the molecule is O=C(O)c1ccc2[nH]c(=O)n(CCc3ccc(F)c(Cl)c3)c(=O)c2c1. The maximum Gasteiger partial charge on any atom is 0.335 e. The molecule has 128 valence electrons. The van der Waals surface area contributed by atoms with Crippen LogP contribution in [0.2, 0.25) is 5.02 Å². The smallest absolute Gasteiger partial charge is 0.335 e. The Morgan fingerprint density at radius 3 is 2.64 bits per heavy atom. The first kappa shape index (κ1) is 16.9. The van der Waals surface area contributed by atoms with Crippen LogP contribution < -0.4 is 11.2 Å². The minimum atomic E-state index is -1.17. The van der Waals surface area contributed by atoms with Crippen LogP contribution >= 0.6 is 11.6 Å². The fraction of sp³-hybridized carbons (Fsp3) is 0.118. The van der Waals surface area contributed by atoms with Gasteiger partial charge < -0.3 is 10.1 Å². The van der Waals surface area contributed by atoms with Gasteiger partial charge in [0.2, 0.25) is 0 Å². The zero-order valence-electron chi connectivity index (χ0n) is 12.8. The van der Waals surface area contributed by atoms with Gasteiger partial charge in [0.1, 0.15) is 5.82 Å². The van der Waals surface area contributed by atoms with Gasteiger partial charge in [0.05, 0.1) is 21.5 Å². The number of carboxylic acid groups (broad SMARTS) is 1. The molecule has 0 radical (unpaired) electrons. The highest BCUT2D eigenvalue weighted by Gasteiger charge is 2.11. The van der Waals surface area contributed by atoms with E-state index >= 15 is 0 Å². The highest BCUT2D eigenvalue weighted by Crippen LogP contribution is 2.16. The molecule has 2 N–H and O–H groups in total. The van der Waals surface area contributed by atoms with E-state index < -0.39 is 23.0 Å². The maximum absolute atomic E-state index is 13.2. The van der Waals surface area contributed by atoms with Crippen molar-refractivity contribution in [3.63, 3.8) is 0 Å². The molecule has 0 atom stereocenters. The molecule has 0 bridgehead atoms. The van der Waals surface area contributed by atoms with Crippen LogP contribution in [0.25, 0.3) is 10.9 Å². The Hall–Kier alpha value is -2.93. The van der Waals surface area contributed by atoms with Gasteiger partial charge in [-0.05, 0) is 42.3 Å². The number of rotatable bonds is 4. The number of fused-ring (bicyclic) bond motifs is 1. The first-order valence-electron chi connectivity index (χ1n) is 7.31. The van der Waals surface area contributed by atoms with Gasteiger partial charge in [0.25, 0.3) is 5.56 Å². The number of halogens is 2. The lowest BCUT2D eigenvalue weighted by molar-refractivity contribution is 0.0697. The van der Waals surface area contributed by atoms with E-state index in [9.17, 15) is 18.8 Å². The van der Waals surface area contributed by atoms with Gasteiger partial charge in [-0.15, -0.1) is 0 Å². The Morgan fingerprint density at radius 1 is 1.20 bits per heavy atom. The molecule has 3 aromatic rings. The summed E-state index contributed by atoms with van der Waals surface area (Å²) >= 11 is 5.72. The highest BCUT2D eigenvalue weighted by molar-refractivity contribution is 6.30. The second-order valence-electron chi connectivity index (χ2n) is 5.45. The van der Waals surface area contributed by atoms with Crippen molar-refractivity contribution in [2.75, 3.05) is 0 Å². The van der Waals surface area contributed by atoms with Gasteiger partial charge in [0.15, 0.2) is 0 Å². The molecule has 0 unspecified atom stereocenters. The van der Waals surface area contributed by atoms with Crippen LogP contribution in [-0.2, 0) is 13.0 Å². The van der Waals surface area contributed by atoms with E-state index in [1.54, 1.807) is 0 Å². The summed E-state index contributed by atoms with van der Waals surface area (Å²) in [4.78, 5) is 38.3. The standard InChI is InChI=1S/C17H12ClFN2O4/c18-12-7-9(1-3-13(12)19)5-6-21-15(22)11-8-10(16(23)24)2-4-14(11)20-17(21)25/h1-4,7-8H,5-6H2,(H,20,25)(H,23,24). The summed E-state index contributed by atoms with van der Waals surface area (Å²) in [6, 6.07) is 8.08. The second kappa shape index (κ2) is 6.52. The van der Waals surface area contributed by atoms with E-state index in [0.29, 0.717) is 5.56 Å². The molecule has 0 saturated carbocycles. The molecule has 0 aliphatic heterocycles. The molecule has 1 heterocycles. The van der Waals surface area contributed by atoms with Crippen molar-refractivity contribution in [2.45, 2.75) is 13.0 Å². The van der Waals surface area contributed by atoms with Crippen LogP contribution in [0.5, 0.6) is 0 Å². The summed E-state index contributed by atoms with van der Waals surface area (Å²) in [6.07, 6.45) is 0.285. The monoisotopic (exact) mass is 362 g/mol. The lowest BCUT2D eigenvalue weighted by Gasteiger charge is -2.07. The van der Waals surface area contributed by atoms with E-state index in [0.717, 1.165) is 4.57 Å². The number of aromatic carboxylic acids is 1. The average molecular weight is 363 g/mol. The summed E-state index contributed by atoms with van der Waals surface area (Å²) in [7, 11) is 0. The predicted molar refractivity (Wildman–Crippen MR) is 90.9 cm³/mol. The fourth-order valence-corrected chi connectivity index (χ4v) is 2.73. The van der Waals surface area contributed by atoms with E-state index in [1.807, 2.05) is 0 Å². The summed E-state index contributed by atoms with van der Waals surface area (Å²) < 4.78 is 14.2. The van der Waals surface area contributed by atoms with Crippen LogP contribution in [0, 0.1) is 5.82 Å². The largest absolute Gasteiger partial charge is 0.478 e. The summed E-state index contributed by atoms with van der Waals surface area (Å²) in [6.45, 7) is 0.0450. The molecule has 1 aromatic heterocycles. The Labute approximate surface area is 145 Å². The number of hydrogen-bond acceptors (Lipinski definition) is 3. The fourth-order valence-electron chi connectivity index (χ4n) is 2.52. The van der Waals surface area contributed by atoms with Crippen molar-refractivity contribution in [1.29, 1.82) is 0 Å². The molecule has 0 aliphatic rings. The van der Waals surface area contributed by atoms with Crippen LogP contribution in [0.1, 0.15) is 15.9 Å². The Kier molecular flexibility index (Phi) is 4.41. The van der Waals surface area contributed by atoms with Gasteiger partial charge >= 0.3 is 11.7 Å². The number of aromatic amines is 1. The third-order valence-electron chi connectivity index (χ3n) is 3.84. The molecule has 0 saturated heterocycles. The predicted octanol–water partition coefficient (Wildman–Crippen LogP) is 2.42. The summed E-state index contributed by atoms with van der Waals surface area (Å²) in [5.74, 6) is -1.72. The van der Waals surface area contributed by atoms with Crippen molar-refractivity contribution < 1.29 is 14.3 Å². The first-order valence-corrected chi connectivity index (χ1v) is 7.68. The molecule has 0 aliphatic carbocycles. The number of carbonyl (C=O) groups is 1. The topological polar surface area (TPSA) is 92.2 Å². The lowest BCUT2D eigenvalue weighted by atomic mass is 10.1. The average Bonchev–Trinajstić information content (AvgIpc) is 2.57. The van der Waals surface area contributed by atoms with Gasteiger partial charge in [-0.1, -0.05) is 17.7 Å². The van der Waals surface area contributed by atoms with E-state index in [-0.39, 0.29) is 34.5 Å². The highest BCUT2D eigenvalue weighted by atomic mass is 35.5. The minimum absolute atomic E-state index is 0.0385. The van der Waals surface area contributed by atoms with E-state index in [4.69, 9.17) is 16.7 Å². The van der Waals surface area contributed by atoms with Crippen molar-refractivity contribution in [2.24, 2.45) is 0 Å². The van der Waals surface area contributed by atoms with Gasteiger partial charge in [-0.2, -0.15) is 0 Å². The molecule has 25 heavy (non-hydrogen) atoms. The Balaban J connectivity index is 2.00. The van der Waals surface area contributed by atoms with Crippen molar-refractivity contribution in [3.8, 4) is 0 Å². The van der Waals surface area contributed by atoms with Crippen LogP contribution in [-0.4, -0.2) is 20.6 Å². The third-order valence-corrected chi connectivity index (χ3v) is 4.13. The molecule has 2 aromatic carbocycles. The minimum Gasteiger partial charge on any atom is -0.478 e. The number of H-pyrrole nitrogens is 1. The Bertz CT molecular complexity index is 1100. The summed E-state index contributed by atoms with van der Waals surface area (Å²) in [5.41, 5.74) is -0.310. The molecule has 8 heteroatoms. The number of hydrogen-bond donors (Lipinski definition) is 2. The van der Waals surface area contributed by atoms with Crippen molar-refractivity contribution >= 4 is 28.5 Å². The quantitative estimate of drug-likeness (QED) is 0.745. The third kappa shape index (κ3) is 3.32. The van der Waals surface area contributed by atoms with Crippen LogP contribution in [0.4, 0.5) is 4.39 Å². The van der Waals surface area contributed by atoms with Crippen molar-refractivity contribution in [3.05, 3.63) is 79.2 Å². The summed E-state index contributed by atoms with van der Waals surface area (Å²) in [5, 5.41) is 9.11. The zero-order valence-corrected chi connectivity index (χ0v) is 13.5. The van der Waals surface area contributed by atoms with Crippen molar-refractivity contribution in [1.82, 2.24) is 9.55 Å².